The number of rotatable bonds is 2. The van der Waals surface area contributed by atoms with Gasteiger partial charge in [-0.05, 0) is 6.92 Å². The van der Waals surface area contributed by atoms with Crippen LogP contribution in [0.25, 0.3) is 5.13 Å². The van der Waals surface area contributed by atoms with Gasteiger partial charge >= 0.3 is 0 Å². The summed E-state index contributed by atoms with van der Waals surface area (Å²) in [7, 11) is 0. The van der Waals surface area contributed by atoms with E-state index in [0.29, 0.717) is 17.5 Å². The second-order valence-electron chi connectivity index (χ2n) is 2.43. The Hall–Kier alpha value is -1.34. The SMILES string of the molecule is Cc1nsc(-n2cnc(CN)n2)n1. The fourth-order valence-corrected chi connectivity index (χ4v) is 1.46. The topological polar surface area (TPSA) is 82.5 Å². The van der Waals surface area contributed by atoms with Crippen LogP contribution >= 0.6 is 11.5 Å². The van der Waals surface area contributed by atoms with Gasteiger partial charge in [-0.25, -0.2) is 9.97 Å². The van der Waals surface area contributed by atoms with E-state index in [2.05, 4.69) is 19.4 Å². The number of aromatic nitrogens is 5. The van der Waals surface area contributed by atoms with Crippen molar-refractivity contribution in [3.8, 4) is 5.13 Å². The molecule has 2 heterocycles. The minimum atomic E-state index is 0.338. The van der Waals surface area contributed by atoms with E-state index in [1.54, 1.807) is 11.0 Å². The fraction of sp³-hybridized carbons (Fsp3) is 0.333. The van der Waals surface area contributed by atoms with Gasteiger partial charge in [-0.2, -0.15) is 9.06 Å². The Bertz CT molecular complexity index is 405. The highest BCUT2D eigenvalue weighted by atomic mass is 32.1. The molecule has 0 atom stereocenters. The first-order valence-electron chi connectivity index (χ1n) is 3.71. The number of nitrogens with two attached hydrogens (primary N) is 1. The van der Waals surface area contributed by atoms with E-state index in [1.807, 2.05) is 6.92 Å². The Morgan fingerprint density at radius 1 is 1.62 bits per heavy atom. The summed E-state index contributed by atoms with van der Waals surface area (Å²) < 4.78 is 5.62. The molecule has 0 fully saturated rings. The monoisotopic (exact) mass is 196 g/mol. The zero-order chi connectivity index (χ0) is 9.26. The molecule has 0 saturated heterocycles. The second kappa shape index (κ2) is 3.19. The van der Waals surface area contributed by atoms with Crippen LogP contribution in [0.1, 0.15) is 11.6 Å². The van der Waals surface area contributed by atoms with Crippen molar-refractivity contribution in [3.05, 3.63) is 18.0 Å². The molecular weight excluding hydrogens is 188 g/mol. The van der Waals surface area contributed by atoms with Crippen molar-refractivity contribution in [2.24, 2.45) is 5.73 Å². The molecule has 2 aromatic rings. The Morgan fingerprint density at radius 2 is 2.46 bits per heavy atom. The van der Waals surface area contributed by atoms with Crippen molar-refractivity contribution in [2.45, 2.75) is 13.5 Å². The van der Waals surface area contributed by atoms with Crippen molar-refractivity contribution in [1.29, 1.82) is 0 Å². The number of aryl methyl sites for hydroxylation is 1. The minimum absolute atomic E-state index is 0.338. The summed E-state index contributed by atoms with van der Waals surface area (Å²) >= 11 is 1.28. The Balaban J connectivity index is 2.35. The van der Waals surface area contributed by atoms with Crippen molar-refractivity contribution < 1.29 is 0 Å². The summed E-state index contributed by atoms with van der Waals surface area (Å²) in [5.74, 6) is 1.35. The first-order valence-corrected chi connectivity index (χ1v) is 4.48. The van der Waals surface area contributed by atoms with Gasteiger partial charge in [-0.15, -0.1) is 5.10 Å². The predicted molar refractivity (Wildman–Crippen MR) is 47.5 cm³/mol. The van der Waals surface area contributed by atoms with Crippen LogP contribution in [-0.2, 0) is 6.54 Å². The van der Waals surface area contributed by atoms with Gasteiger partial charge in [-0.3, -0.25) is 0 Å². The highest BCUT2D eigenvalue weighted by Gasteiger charge is 2.05. The molecule has 13 heavy (non-hydrogen) atoms. The van der Waals surface area contributed by atoms with E-state index in [4.69, 9.17) is 5.73 Å². The Labute approximate surface area is 78.6 Å². The standard InChI is InChI=1S/C6H8N6S/c1-4-9-6(13-11-4)12-3-8-5(2-7)10-12/h3H,2,7H2,1H3. The van der Waals surface area contributed by atoms with Crippen molar-refractivity contribution >= 4 is 11.5 Å². The Morgan fingerprint density at radius 3 is 3.00 bits per heavy atom. The quantitative estimate of drug-likeness (QED) is 0.724. The van der Waals surface area contributed by atoms with Gasteiger partial charge in [0.1, 0.15) is 12.2 Å². The van der Waals surface area contributed by atoms with Gasteiger partial charge in [0.2, 0.25) is 5.13 Å². The molecule has 6 nitrogen and oxygen atoms in total. The summed E-state index contributed by atoms with van der Waals surface area (Å²) in [6, 6.07) is 0. The zero-order valence-corrected chi connectivity index (χ0v) is 7.82. The second-order valence-corrected chi connectivity index (χ2v) is 3.16. The maximum absolute atomic E-state index is 5.38. The van der Waals surface area contributed by atoms with E-state index in [-0.39, 0.29) is 0 Å². The molecule has 0 aliphatic carbocycles. The lowest BCUT2D eigenvalue weighted by molar-refractivity contribution is 0.821. The van der Waals surface area contributed by atoms with Gasteiger partial charge in [-0.1, -0.05) is 0 Å². The first-order chi connectivity index (χ1) is 6.29. The third-order valence-corrected chi connectivity index (χ3v) is 2.23. The van der Waals surface area contributed by atoms with Gasteiger partial charge in [0.25, 0.3) is 0 Å². The third-order valence-electron chi connectivity index (χ3n) is 1.43. The van der Waals surface area contributed by atoms with Crippen LogP contribution < -0.4 is 5.73 Å². The lowest BCUT2D eigenvalue weighted by Gasteiger charge is -1.89. The van der Waals surface area contributed by atoms with Crippen LogP contribution in [-0.4, -0.2) is 24.1 Å². The lowest BCUT2D eigenvalue weighted by atomic mass is 10.6. The summed E-state index contributed by atoms with van der Waals surface area (Å²) in [5.41, 5.74) is 5.38. The number of hydrogen-bond donors (Lipinski definition) is 1. The average Bonchev–Trinajstić information content (AvgIpc) is 2.71. The molecular formula is C6H8N6S. The molecule has 68 valence electrons. The normalized spacial score (nSPS) is 10.6. The fourth-order valence-electron chi connectivity index (χ4n) is 0.862. The molecule has 0 saturated carbocycles. The van der Waals surface area contributed by atoms with Crippen molar-refractivity contribution in [1.82, 2.24) is 24.1 Å². The highest BCUT2D eigenvalue weighted by Crippen LogP contribution is 2.08. The van der Waals surface area contributed by atoms with Gasteiger partial charge in [0.05, 0.1) is 6.54 Å². The smallest absolute Gasteiger partial charge is 0.231 e. The van der Waals surface area contributed by atoms with Crippen LogP contribution in [0.15, 0.2) is 6.33 Å². The van der Waals surface area contributed by atoms with Crippen molar-refractivity contribution in [2.75, 3.05) is 0 Å². The van der Waals surface area contributed by atoms with Crippen molar-refractivity contribution in [3.63, 3.8) is 0 Å². The summed E-state index contributed by atoms with van der Waals surface area (Å²) in [5, 5.41) is 4.81. The maximum Gasteiger partial charge on any atom is 0.231 e. The molecule has 7 heteroatoms. The molecule has 0 aromatic carbocycles. The number of nitrogens with zero attached hydrogens (tertiary/aromatic N) is 5. The summed E-state index contributed by atoms with van der Waals surface area (Å²) in [6.45, 7) is 2.17. The molecule has 0 radical (unpaired) electrons. The predicted octanol–water partition coefficient (Wildman–Crippen LogP) is -0.114. The molecule has 0 bridgehead atoms. The van der Waals surface area contributed by atoms with E-state index < -0.39 is 0 Å². The molecule has 0 aliphatic rings. The lowest BCUT2D eigenvalue weighted by Crippen LogP contribution is -2.00. The van der Waals surface area contributed by atoms with Gasteiger partial charge in [0, 0.05) is 11.5 Å². The van der Waals surface area contributed by atoms with Crippen LogP contribution in [0.2, 0.25) is 0 Å². The third kappa shape index (κ3) is 1.56. The van der Waals surface area contributed by atoms with E-state index in [1.165, 1.54) is 11.5 Å². The largest absolute Gasteiger partial charge is 0.324 e. The molecule has 2 rings (SSSR count). The number of hydrogen-bond acceptors (Lipinski definition) is 6. The molecule has 0 amide bonds. The molecule has 0 aliphatic heterocycles. The van der Waals surface area contributed by atoms with Crippen LogP contribution in [0.4, 0.5) is 0 Å². The zero-order valence-electron chi connectivity index (χ0n) is 7.01. The van der Waals surface area contributed by atoms with Gasteiger partial charge in [0.15, 0.2) is 5.82 Å². The van der Waals surface area contributed by atoms with E-state index >= 15 is 0 Å². The van der Waals surface area contributed by atoms with E-state index in [0.717, 1.165) is 5.82 Å². The van der Waals surface area contributed by atoms with Crippen LogP contribution in [0.5, 0.6) is 0 Å². The average molecular weight is 196 g/mol. The first kappa shape index (κ1) is 8.27. The summed E-state index contributed by atoms with van der Waals surface area (Å²) in [6.07, 6.45) is 1.59. The highest BCUT2D eigenvalue weighted by molar-refractivity contribution is 7.08. The van der Waals surface area contributed by atoms with Gasteiger partial charge < -0.3 is 5.73 Å². The molecule has 0 unspecified atom stereocenters. The van der Waals surface area contributed by atoms with Crippen LogP contribution in [0.3, 0.4) is 0 Å². The van der Waals surface area contributed by atoms with Crippen LogP contribution in [0, 0.1) is 6.92 Å². The molecule has 2 N–H and O–H groups in total. The molecule has 2 aromatic heterocycles. The maximum atomic E-state index is 5.38. The van der Waals surface area contributed by atoms with E-state index in [9.17, 15) is 0 Å². The Kier molecular flexibility index (Phi) is 2.03. The summed E-state index contributed by atoms with van der Waals surface area (Å²) in [4.78, 5) is 8.14. The minimum Gasteiger partial charge on any atom is -0.324 e. The molecule has 0 spiro atoms.